The zero-order valence-electron chi connectivity index (χ0n) is 6.73. The van der Waals surface area contributed by atoms with Crippen LogP contribution in [0.5, 0.6) is 5.75 Å². The van der Waals surface area contributed by atoms with Gasteiger partial charge in [0.1, 0.15) is 18.9 Å². The molecule has 0 atom stereocenters. The number of phenolic OH excluding ortho intramolecular Hbond substituents is 1. The number of hydrogen-bond acceptors (Lipinski definition) is 1. The molecule has 3 nitrogen and oxygen atoms in total. The van der Waals surface area contributed by atoms with Crippen molar-refractivity contribution in [1.82, 2.24) is 0 Å². The van der Waals surface area contributed by atoms with Crippen molar-refractivity contribution in [2.75, 3.05) is 0 Å². The van der Waals surface area contributed by atoms with Crippen molar-refractivity contribution in [2.24, 2.45) is 0 Å². The highest BCUT2D eigenvalue weighted by Gasteiger charge is 2.01. The lowest BCUT2D eigenvalue weighted by atomic mass is 10.2. The van der Waals surface area contributed by atoms with Crippen molar-refractivity contribution in [1.29, 1.82) is 0 Å². The Morgan fingerprint density at radius 1 is 1.15 bits per heavy atom. The molecule has 0 heterocycles. The van der Waals surface area contributed by atoms with Crippen molar-refractivity contribution in [2.45, 2.75) is 0 Å². The SMILES string of the molecule is [C-]#[N+]C(=Cc1ccc(O)cc1)[N+]#[C-]. The average Bonchev–Trinajstić information content (AvgIpc) is 2.17. The molecule has 0 aromatic heterocycles. The first-order valence-electron chi connectivity index (χ1n) is 3.52. The van der Waals surface area contributed by atoms with Gasteiger partial charge in [0.15, 0.2) is 0 Å². The van der Waals surface area contributed by atoms with Gasteiger partial charge in [-0.1, -0.05) is 12.1 Å². The second-order valence-corrected chi connectivity index (χ2v) is 2.32. The Morgan fingerprint density at radius 3 is 2.15 bits per heavy atom. The fourth-order valence-electron chi connectivity index (χ4n) is 0.809. The smallest absolute Gasteiger partial charge is 0.508 e. The Hall–Kier alpha value is -2.26. The van der Waals surface area contributed by atoms with E-state index in [0.29, 0.717) is 0 Å². The average molecular weight is 170 g/mol. The number of benzene rings is 1. The van der Waals surface area contributed by atoms with Crippen LogP contribution in [0.1, 0.15) is 5.56 Å². The van der Waals surface area contributed by atoms with Crippen LogP contribution in [-0.4, -0.2) is 5.11 Å². The summed E-state index contributed by atoms with van der Waals surface area (Å²) in [6.45, 7) is 13.3. The first kappa shape index (κ1) is 8.83. The number of hydrogen-bond donors (Lipinski definition) is 1. The molecule has 1 N–H and O–H groups in total. The van der Waals surface area contributed by atoms with Gasteiger partial charge in [0.25, 0.3) is 0 Å². The number of phenols is 1. The van der Waals surface area contributed by atoms with Crippen LogP contribution in [-0.2, 0) is 0 Å². The maximum Gasteiger partial charge on any atom is 0.519 e. The molecular weight excluding hydrogens is 164 g/mol. The summed E-state index contributed by atoms with van der Waals surface area (Å²) in [5.74, 6) is 0.190. The van der Waals surface area contributed by atoms with E-state index in [1.807, 2.05) is 0 Å². The summed E-state index contributed by atoms with van der Waals surface area (Å²) < 4.78 is 0. The summed E-state index contributed by atoms with van der Waals surface area (Å²) >= 11 is 0. The van der Waals surface area contributed by atoms with Crippen molar-refractivity contribution in [3.8, 4) is 5.75 Å². The van der Waals surface area contributed by atoms with Gasteiger partial charge >= 0.3 is 5.82 Å². The molecule has 0 saturated heterocycles. The number of rotatable bonds is 1. The van der Waals surface area contributed by atoms with Crippen LogP contribution in [0.3, 0.4) is 0 Å². The molecule has 62 valence electrons. The van der Waals surface area contributed by atoms with E-state index in [2.05, 4.69) is 9.69 Å². The van der Waals surface area contributed by atoms with Crippen LogP contribution in [0.15, 0.2) is 30.1 Å². The van der Waals surface area contributed by atoms with E-state index in [1.54, 1.807) is 12.1 Å². The molecule has 3 heteroatoms. The highest BCUT2D eigenvalue weighted by Crippen LogP contribution is 2.13. The Kier molecular flexibility index (Phi) is 2.68. The van der Waals surface area contributed by atoms with E-state index in [1.165, 1.54) is 18.2 Å². The molecule has 13 heavy (non-hydrogen) atoms. The van der Waals surface area contributed by atoms with Gasteiger partial charge in [0.2, 0.25) is 0 Å². The summed E-state index contributed by atoms with van der Waals surface area (Å²) in [7, 11) is 0. The Bertz CT molecular complexity index is 388. The lowest BCUT2D eigenvalue weighted by molar-refractivity contribution is 0.475. The molecule has 0 aliphatic rings. The molecule has 0 aliphatic heterocycles. The minimum absolute atomic E-state index is 0.0192. The second-order valence-electron chi connectivity index (χ2n) is 2.32. The molecule has 0 fully saturated rings. The van der Waals surface area contributed by atoms with Gasteiger partial charge in [-0.2, -0.15) is 9.69 Å². The third-order valence-corrected chi connectivity index (χ3v) is 1.42. The monoisotopic (exact) mass is 170 g/mol. The van der Waals surface area contributed by atoms with Crippen molar-refractivity contribution >= 4 is 6.08 Å². The first-order valence-corrected chi connectivity index (χ1v) is 3.52. The zero-order chi connectivity index (χ0) is 9.68. The van der Waals surface area contributed by atoms with Gasteiger partial charge in [-0.3, -0.25) is 0 Å². The predicted molar refractivity (Wildman–Crippen MR) is 49.3 cm³/mol. The summed E-state index contributed by atoms with van der Waals surface area (Å²) in [6, 6.07) is 6.31. The molecule has 1 rings (SSSR count). The molecule has 0 aliphatic carbocycles. The molecule has 0 radical (unpaired) electrons. The largest absolute Gasteiger partial charge is 0.519 e. The summed E-state index contributed by atoms with van der Waals surface area (Å²) in [5.41, 5.74) is 0.736. The fourth-order valence-corrected chi connectivity index (χ4v) is 0.809. The van der Waals surface area contributed by atoms with Gasteiger partial charge in [-0.05, 0) is 17.7 Å². The highest BCUT2D eigenvalue weighted by atomic mass is 16.3. The quantitative estimate of drug-likeness (QED) is 0.644. The molecule has 0 unspecified atom stereocenters. The maximum absolute atomic E-state index is 8.96. The Balaban J connectivity index is 3.00. The molecule has 0 bridgehead atoms. The molecule has 1 aromatic carbocycles. The van der Waals surface area contributed by atoms with E-state index in [0.717, 1.165) is 5.56 Å². The third-order valence-electron chi connectivity index (χ3n) is 1.42. The van der Waals surface area contributed by atoms with E-state index in [9.17, 15) is 0 Å². The lowest BCUT2D eigenvalue weighted by Gasteiger charge is -1.91. The topological polar surface area (TPSA) is 28.9 Å². The molecule has 1 aromatic rings. The first-order chi connectivity index (χ1) is 6.26. The standard InChI is InChI=1S/C10H6N2O/c1-11-10(12-2)7-8-3-5-9(13)6-4-8/h3-7,13H. The van der Waals surface area contributed by atoms with E-state index >= 15 is 0 Å². The van der Waals surface area contributed by atoms with E-state index < -0.39 is 0 Å². The minimum atomic E-state index is 0.0192. The number of nitrogens with zero attached hydrogens (tertiary/aromatic N) is 2. The third kappa shape index (κ3) is 2.36. The van der Waals surface area contributed by atoms with Crippen LogP contribution in [0, 0.1) is 13.1 Å². The Morgan fingerprint density at radius 2 is 1.69 bits per heavy atom. The van der Waals surface area contributed by atoms with Gasteiger partial charge in [-0.25, -0.2) is 0 Å². The molecule has 0 amide bonds. The highest BCUT2D eigenvalue weighted by molar-refractivity contribution is 5.56. The van der Waals surface area contributed by atoms with Crippen LogP contribution in [0.4, 0.5) is 0 Å². The molecule has 0 spiro atoms. The van der Waals surface area contributed by atoms with Gasteiger partial charge in [0.05, 0.1) is 0 Å². The van der Waals surface area contributed by atoms with Crippen LogP contribution < -0.4 is 0 Å². The van der Waals surface area contributed by atoms with Crippen molar-refractivity contribution in [3.05, 3.63) is 58.5 Å². The minimum Gasteiger partial charge on any atom is -0.508 e. The van der Waals surface area contributed by atoms with Gasteiger partial charge in [0, 0.05) is 6.08 Å². The molecular formula is C10H6N2O. The predicted octanol–water partition coefficient (Wildman–Crippen LogP) is 2.53. The Labute approximate surface area is 76.2 Å². The number of aromatic hydroxyl groups is 1. The maximum atomic E-state index is 8.96. The summed E-state index contributed by atoms with van der Waals surface area (Å²) in [5, 5.41) is 8.96. The van der Waals surface area contributed by atoms with Crippen LogP contribution in [0.2, 0.25) is 0 Å². The fraction of sp³-hybridized carbons (Fsp3) is 0. The van der Waals surface area contributed by atoms with Gasteiger partial charge in [-0.15, -0.1) is 0 Å². The van der Waals surface area contributed by atoms with Crippen LogP contribution >= 0.6 is 0 Å². The summed E-state index contributed by atoms with van der Waals surface area (Å²) in [6.07, 6.45) is 1.47. The van der Waals surface area contributed by atoms with Crippen LogP contribution in [0.25, 0.3) is 15.8 Å². The van der Waals surface area contributed by atoms with Gasteiger partial charge < -0.3 is 5.11 Å². The van der Waals surface area contributed by atoms with Crippen molar-refractivity contribution < 1.29 is 5.11 Å². The van der Waals surface area contributed by atoms with Crippen molar-refractivity contribution in [3.63, 3.8) is 0 Å². The zero-order valence-corrected chi connectivity index (χ0v) is 6.73. The lowest BCUT2D eigenvalue weighted by Crippen LogP contribution is -1.71. The normalized spacial score (nSPS) is 8.15. The summed E-state index contributed by atoms with van der Waals surface area (Å²) in [4.78, 5) is 6.04. The van der Waals surface area contributed by atoms with E-state index in [4.69, 9.17) is 18.3 Å². The van der Waals surface area contributed by atoms with E-state index in [-0.39, 0.29) is 11.6 Å². The molecule has 0 saturated carbocycles. The second kappa shape index (κ2) is 3.94.